The van der Waals surface area contributed by atoms with Crippen molar-refractivity contribution >= 4 is 43.5 Å². The van der Waals surface area contributed by atoms with Gasteiger partial charge in [-0.05, 0) is 49.9 Å². The Morgan fingerprint density at radius 2 is 2.10 bits per heavy atom. The van der Waals surface area contributed by atoms with Gasteiger partial charge in [0.1, 0.15) is 17.0 Å². The largest absolute Gasteiger partial charge is 0.355 e. The molecule has 0 saturated carbocycles. The first-order valence-electron chi connectivity index (χ1n) is 10.5. The Morgan fingerprint density at radius 3 is 2.87 bits per heavy atom. The molecule has 7 nitrogen and oxygen atoms in total. The van der Waals surface area contributed by atoms with Gasteiger partial charge in [0.15, 0.2) is 0 Å². The molecule has 4 aromatic heterocycles. The number of thiophene rings is 1. The number of amides is 1. The summed E-state index contributed by atoms with van der Waals surface area (Å²) in [6.07, 6.45) is 6.79. The maximum absolute atomic E-state index is 12.6. The van der Waals surface area contributed by atoms with Gasteiger partial charge in [-0.1, -0.05) is 6.07 Å². The predicted octanol–water partition coefficient (Wildman–Crippen LogP) is 3.78. The van der Waals surface area contributed by atoms with Crippen molar-refractivity contribution in [3.8, 4) is 0 Å². The highest BCUT2D eigenvalue weighted by Crippen LogP contribution is 2.38. The minimum atomic E-state index is 0.0271. The number of aryl methyl sites for hydroxylation is 2. The van der Waals surface area contributed by atoms with Crippen molar-refractivity contribution < 1.29 is 4.79 Å². The van der Waals surface area contributed by atoms with Crippen LogP contribution in [0, 0.1) is 19.8 Å². The third-order valence-corrected chi connectivity index (χ3v) is 6.96. The van der Waals surface area contributed by atoms with Gasteiger partial charge >= 0.3 is 0 Å². The number of piperidine rings is 1. The molecule has 1 fully saturated rings. The lowest BCUT2D eigenvalue weighted by Gasteiger charge is -2.32. The highest BCUT2D eigenvalue weighted by Gasteiger charge is 2.27. The normalized spacial score (nSPS) is 15.0. The number of aromatic nitrogens is 4. The summed E-state index contributed by atoms with van der Waals surface area (Å²) in [7, 11) is 0. The third-order valence-electron chi connectivity index (χ3n) is 5.89. The Hall–Kier alpha value is -3.13. The van der Waals surface area contributed by atoms with Crippen molar-refractivity contribution in [1.29, 1.82) is 0 Å². The van der Waals surface area contributed by atoms with Crippen molar-refractivity contribution in [3.05, 3.63) is 53.7 Å². The van der Waals surface area contributed by atoms with Gasteiger partial charge in [-0.25, -0.2) is 15.0 Å². The smallest absolute Gasteiger partial charge is 0.223 e. The fraction of sp³-hybridized carbons (Fsp3) is 0.348. The van der Waals surface area contributed by atoms with E-state index in [4.69, 9.17) is 4.98 Å². The molecule has 1 aliphatic heterocycles. The highest BCUT2D eigenvalue weighted by molar-refractivity contribution is 7.26. The molecular formula is C23H24N6OS. The maximum Gasteiger partial charge on any atom is 0.223 e. The third kappa shape index (κ3) is 3.83. The number of hydrogen-bond donors (Lipinski definition) is 1. The van der Waals surface area contributed by atoms with Crippen LogP contribution in [0.1, 0.15) is 29.7 Å². The van der Waals surface area contributed by atoms with Gasteiger partial charge in [0.2, 0.25) is 5.91 Å². The Bertz CT molecular complexity index is 1250. The summed E-state index contributed by atoms with van der Waals surface area (Å²) < 4.78 is 1.08. The molecule has 0 atom stereocenters. The van der Waals surface area contributed by atoms with Crippen LogP contribution in [0.25, 0.3) is 20.4 Å². The van der Waals surface area contributed by atoms with Crippen LogP contribution in [0.3, 0.4) is 0 Å². The van der Waals surface area contributed by atoms with E-state index in [9.17, 15) is 4.79 Å². The molecule has 1 saturated heterocycles. The van der Waals surface area contributed by atoms with E-state index in [1.807, 2.05) is 19.1 Å². The minimum Gasteiger partial charge on any atom is -0.355 e. The summed E-state index contributed by atoms with van der Waals surface area (Å²) >= 11 is 1.66. The molecule has 4 aromatic rings. The first-order valence-corrected chi connectivity index (χ1v) is 11.3. The monoisotopic (exact) mass is 432 g/mol. The van der Waals surface area contributed by atoms with Crippen LogP contribution in [-0.2, 0) is 11.3 Å². The second-order valence-corrected chi connectivity index (χ2v) is 9.08. The van der Waals surface area contributed by atoms with Crippen LogP contribution >= 0.6 is 11.3 Å². The zero-order valence-corrected chi connectivity index (χ0v) is 18.4. The molecule has 0 aromatic carbocycles. The molecule has 5 rings (SSSR count). The number of carbonyl (C=O) groups excluding carboxylic acids is 1. The van der Waals surface area contributed by atoms with Crippen molar-refractivity contribution in [3.63, 3.8) is 0 Å². The zero-order valence-electron chi connectivity index (χ0n) is 17.6. The average Bonchev–Trinajstić information content (AvgIpc) is 3.17. The number of fused-ring (bicyclic) bond motifs is 3. The number of hydrogen-bond acceptors (Lipinski definition) is 7. The first kappa shape index (κ1) is 19.8. The molecular weight excluding hydrogens is 408 g/mol. The first-order chi connectivity index (χ1) is 15.1. The minimum absolute atomic E-state index is 0.0271. The van der Waals surface area contributed by atoms with Gasteiger partial charge in [-0.2, -0.15) is 0 Å². The van der Waals surface area contributed by atoms with Crippen molar-refractivity contribution in [2.75, 3.05) is 18.0 Å². The number of rotatable bonds is 4. The molecule has 158 valence electrons. The number of nitrogens with zero attached hydrogens (tertiary/aromatic N) is 5. The summed E-state index contributed by atoms with van der Waals surface area (Å²) in [5, 5.41) is 4.18. The van der Waals surface area contributed by atoms with Gasteiger partial charge in [-0.15, -0.1) is 11.3 Å². The molecule has 0 radical (unpaired) electrons. The summed E-state index contributed by atoms with van der Waals surface area (Å²) in [6.45, 7) is 6.26. The van der Waals surface area contributed by atoms with Crippen LogP contribution in [0.2, 0.25) is 0 Å². The van der Waals surface area contributed by atoms with E-state index < -0.39 is 0 Å². The highest BCUT2D eigenvalue weighted by atomic mass is 32.1. The predicted molar refractivity (Wildman–Crippen MR) is 123 cm³/mol. The van der Waals surface area contributed by atoms with E-state index in [1.165, 1.54) is 5.56 Å². The van der Waals surface area contributed by atoms with Crippen molar-refractivity contribution in [2.24, 2.45) is 5.92 Å². The molecule has 0 bridgehead atoms. The van der Waals surface area contributed by atoms with E-state index in [-0.39, 0.29) is 11.8 Å². The molecule has 1 N–H and O–H groups in total. The lowest BCUT2D eigenvalue weighted by atomic mass is 9.96. The second-order valence-electron chi connectivity index (χ2n) is 8.08. The molecule has 0 spiro atoms. The number of carbonyl (C=O) groups is 1. The van der Waals surface area contributed by atoms with Crippen molar-refractivity contribution in [1.82, 2.24) is 25.3 Å². The van der Waals surface area contributed by atoms with Crippen LogP contribution < -0.4 is 10.2 Å². The summed E-state index contributed by atoms with van der Waals surface area (Å²) in [5.74, 6) is 1.10. The zero-order chi connectivity index (χ0) is 21.4. The summed E-state index contributed by atoms with van der Waals surface area (Å²) in [6, 6.07) is 5.96. The Kier molecular flexibility index (Phi) is 5.23. The van der Waals surface area contributed by atoms with E-state index in [1.54, 1.807) is 30.1 Å². The Labute approximate surface area is 184 Å². The second kappa shape index (κ2) is 8.19. The van der Waals surface area contributed by atoms with Gasteiger partial charge in [-0.3, -0.25) is 9.78 Å². The molecule has 0 unspecified atom stereocenters. The summed E-state index contributed by atoms with van der Waals surface area (Å²) in [5.41, 5.74) is 4.21. The molecule has 8 heteroatoms. The number of anilines is 1. The standard InChI is InChI=1S/C23H24N6OS/c1-14-10-15(2)28-23-18(14)19-20(31-23)21(27-13-26-19)29-8-5-17(6-9-29)22(30)25-12-16-4-3-7-24-11-16/h3-4,7,10-11,13,17H,5-6,8-9,12H2,1-2H3,(H,25,30). The van der Waals surface area contributed by atoms with Crippen molar-refractivity contribution in [2.45, 2.75) is 33.2 Å². The van der Waals surface area contributed by atoms with E-state index >= 15 is 0 Å². The van der Waals surface area contributed by atoms with E-state index in [2.05, 4.69) is 38.2 Å². The molecule has 0 aliphatic carbocycles. The summed E-state index contributed by atoms with van der Waals surface area (Å²) in [4.78, 5) is 33.9. The van der Waals surface area contributed by atoms with E-state index in [0.717, 1.165) is 63.4 Å². The van der Waals surface area contributed by atoms with Crippen LogP contribution in [0.4, 0.5) is 5.82 Å². The lowest BCUT2D eigenvalue weighted by molar-refractivity contribution is -0.125. The van der Waals surface area contributed by atoms with Gasteiger partial charge < -0.3 is 10.2 Å². The van der Waals surface area contributed by atoms with Crippen LogP contribution in [0.15, 0.2) is 36.9 Å². The van der Waals surface area contributed by atoms with Gasteiger partial charge in [0.05, 0.1) is 10.2 Å². The Morgan fingerprint density at radius 1 is 1.26 bits per heavy atom. The fourth-order valence-electron chi connectivity index (χ4n) is 4.31. The molecule has 1 aliphatic rings. The van der Waals surface area contributed by atoms with Crippen LogP contribution in [-0.4, -0.2) is 38.9 Å². The van der Waals surface area contributed by atoms with Gasteiger partial charge in [0, 0.05) is 49.0 Å². The van der Waals surface area contributed by atoms with Gasteiger partial charge in [0.25, 0.3) is 0 Å². The molecule has 1 amide bonds. The van der Waals surface area contributed by atoms with Crippen LogP contribution in [0.5, 0.6) is 0 Å². The Balaban J connectivity index is 1.31. The average molecular weight is 433 g/mol. The molecule has 5 heterocycles. The number of nitrogens with one attached hydrogen (secondary N) is 1. The quantitative estimate of drug-likeness (QED) is 0.528. The number of pyridine rings is 2. The van der Waals surface area contributed by atoms with E-state index in [0.29, 0.717) is 6.54 Å². The topological polar surface area (TPSA) is 83.9 Å². The maximum atomic E-state index is 12.6. The lowest BCUT2D eigenvalue weighted by Crippen LogP contribution is -2.40. The SMILES string of the molecule is Cc1cc(C)c2c(n1)sc1c(N3CCC(C(=O)NCc4cccnc4)CC3)ncnc12. The molecule has 31 heavy (non-hydrogen) atoms. The fourth-order valence-corrected chi connectivity index (χ4v) is 5.58.